The molecule has 28 heavy (non-hydrogen) atoms. The fourth-order valence-electron chi connectivity index (χ4n) is 6.58. The highest BCUT2D eigenvalue weighted by Crippen LogP contribution is 2.55. The van der Waals surface area contributed by atoms with Gasteiger partial charge in [0.05, 0.1) is 7.11 Å². The summed E-state index contributed by atoms with van der Waals surface area (Å²) in [6.45, 7) is 3.23. The van der Waals surface area contributed by atoms with Crippen molar-refractivity contribution in [3.8, 4) is 0 Å². The van der Waals surface area contributed by atoms with Crippen molar-refractivity contribution < 1.29 is 9.53 Å². The predicted molar refractivity (Wildman–Crippen MR) is 110 cm³/mol. The average Bonchev–Trinajstić information content (AvgIpc) is 3.04. The molecule has 2 aromatic rings. The predicted octanol–water partition coefficient (Wildman–Crippen LogP) is 2.80. The lowest BCUT2D eigenvalue weighted by Gasteiger charge is -2.58. The Morgan fingerprint density at radius 3 is 2.96 bits per heavy atom. The molecule has 150 valence electrons. The van der Waals surface area contributed by atoms with E-state index in [1.807, 2.05) is 0 Å². The van der Waals surface area contributed by atoms with Crippen LogP contribution in [-0.4, -0.2) is 67.6 Å². The average molecular weight is 382 g/mol. The number of fused-ring (bicyclic) bond motifs is 4. The topological polar surface area (TPSA) is 48.6 Å². The van der Waals surface area contributed by atoms with E-state index in [9.17, 15) is 4.79 Å². The van der Waals surface area contributed by atoms with Crippen LogP contribution in [0, 0.1) is 11.8 Å². The maximum absolute atomic E-state index is 13.5. The van der Waals surface area contributed by atoms with Gasteiger partial charge in [0, 0.05) is 35.7 Å². The van der Waals surface area contributed by atoms with E-state index >= 15 is 0 Å². The van der Waals surface area contributed by atoms with Crippen LogP contribution in [0.2, 0.25) is 0 Å². The zero-order valence-corrected chi connectivity index (χ0v) is 17.2. The van der Waals surface area contributed by atoms with E-state index in [1.165, 1.54) is 17.4 Å². The van der Waals surface area contributed by atoms with Crippen LogP contribution in [0.5, 0.6) is 0 Å². The number of hydrogen-bond donors (Lipinski definition) is 1. The molecule has 1 N–H and O–H groups in total. The molecule has 6 rings (SSSR count). The lowest BCUT2D eigenvalue weighted by atomic mass is 9.56. The van der Waals surface area contributed by atoms with Crippen LogP contribution in [-0.2, 0) is 21.4 Å². The first-order valence-electron chi connectivity index (χ1n) is 10.6. The molecule has 0 amide bonds. The zero-order valence-electron chi connectivity index (χ0n) is 17.2. The number of rotatable bonds is 4. The molecule has 1 aromatic heterocycles. The molecule has 1 aliphatic carbocycles. The van der Waals surface area contributed by atoms with Gasteiger partial charge in [-0.25, -0.2) is 0 Å². The summed E-state index contributed by atoms with van der Waals surface area (Å²) in [6, 6.07) is 8.74. The molecule has 0 spiro atoms. The van der Waals surface area contributed by atoms with Gasteiger partial charge in [-0.05, 0) is 69.8 Å². The van der Waals surface area contributed by atoms with E-state index in [0.717, 1.165) is 50.1 Å². The van der Waals surface area contributed by atoms with Crippen molar-refractivity contribution in [1.82, 2.24) is 14.8 Å². The molecule has 3 aliphatic heterocycles. The van der Waals surface area contributed by atoms with Crippen molar-refractivity contribution in [2.75, 3.05) is 40.8 Å². The van der Waals surface area contributed by atoms with Gasteiger partial charge < -0.3 is 14.6 Å². The van der Waals surface area contributed by atoms with E-state index in [2.05, 4.69) is 53.1 Å². The number of hydrogen-bond acceptors (Lipinski definition) is 4. The van der Waals surface area contributed by atoms with Crippen molar-refractivity contribution in [2.45, 2.75) is 37.1 Å². The third-order valence-electron chi connectivity index (χ3n) is 7.49. The first-order chi connectivity index (χ1) is 13.5. The Kier molecular flexibility index (Phi) is 4.29. The molecule has 5 atom stereocenters. The molecule has 0 radical (unpaired) electrons. The highest BCUT2D eigenvalue weighted by molar-refractivity contribution is 5.91. The van der Waals surface area contributed by atoms with Crippen molar-refractivity contribution >= 4 is 16.9 Å². The molecule has 4 aliphatic rings. The summed E-state index contributed by atoms with van der Waals surface area (Å²) in [6.07, 6.45) is 4.29. The van der Waals surface area contributed by atoms with E-state index in [4.69, 9.17) is 4.74 Å². The second kappa shape index (κ2) is 6.60. The van der Waals surface area contributed by atoms with Gasteiger partial charge in [-0.1, -0.05) is 18.2 Å². The fourth-order valence-corrected chi connectivity index (χ4v) is 6.58. The molecule has 5 heteroatoms. The summed E-state index contributed by atoms with van der Waals surface area (Å²) in [4.78, 5) is 22.1. The van der Waals surface area contributed by atoms with Crippen LogP contribution in [0.3, 0.4) is 0 Å². The Bertz CT molecular complexity index is 904. The number of nitrogens with one attached hydrogen (secondary N) is 1. The molecular formula is C23H31N3O2. The van der Waals surface area contributed by atoms with Crippen LogP contribution in [0.25, 0.3) is 10.9 Å². The summed E-state index contributed by atoms with van der Waals surface area (Å²) in [5.41, 5.74) is 3.07. The van der Waals surface area contributed by atoms with Crippen LogP contribution >= 0.6 is 0 Å². The number of para-hydroxylation sites is 1. The maximum atomic E-state index is 13.5. The molecule has 5 nitrogen and oxygen atoms in total. The van der Waals surface area contributed by atoms with Crippen molar-refractivity contribution in [3.05, 3.63) is 35.5 Å². The van der Waals surface area contributed by atoms with Crippen LogP contribution in [0.1, 0.15) is 30.5 Å². The third-order valence-corrected chi connectivity index (χ3v) is 7.49. The van der Waals surface area contributed by atoms with E-state index in [0.29, 0.717) is 11.8 Å². The largest absolute Gasteiger partial charge is 0.468 e. The summed E-state index contributed by atoms with van der Waals surface area (Å²) < 4.78 is 5.51. The van der Waals surface area contributed by atoms with Crippen LogP contribution < -0.4 is 0 Å². The number of ether oxygens (including phenoxy) is 1. The molecule has 1 aromatic carbocycles. The highest BCUT2D eigenvalue weighted by atomic mass is 16.5. The van der Waals surface area contributed by atoms with Gasteiger partial charge in [-0.2, -0.15) is 0 Å². The zero-order chi connectivity index (χ0) is 19.5. The van der Waals surface area contributed by atoms with Crippen LogP contribution in [0.15, 0.2) is 24.3 Å². The molecular weight excluding hydrogens is 350 g/mol. The second-order valence-electron chi connectivity index (χ2n) is 9.33. The summed E-state index contributed by atoms with van der Waals surface area (Å²) in [7, 11) is 5.84. The number of piperidine rings is 2. The maximum Gasteiger partial charge on any atom is 0.319 e. The number of benzene rings is 1. The number of carbonyl (C=O) groups excluding carboxylic acids is 1. The quantitative estimate of drug-likeness (QED) is 0.828. The summed E-state index contributed by atoms with van der Waals surface area (Å²) >= 11 is 0. The lowest BCUT2D eigenvalue weighted by Crippen LogP contribution is -2.67. The normalized spacial score (nSPS) is 33.7. The van der Waals surface area contributed by atoms with Gasteiger partial charge in [0.25, 0.3) is 0 Å². The molecule has 5 unspecified atom stereocenters. The highest BCUT2D eigenvalue weighted by Gasteiger charge is 2.62. The van der Waals surface area contributed by atoms with Gasteiger partial charge in [0.15, 0.2) is 0 Å². The number of aromatic nitrogens is 1. The van der Waals surface area contributed by atoms with Crippen molar-refractivity contribution in [3.63, 3.8) is 0 Å². The first kappa shape index (κ1) is 18.2. The van der Waals surface area contributed by atoms with Crippen LogP contribution in [0.4, 0.5) is 0 Å². The number of nitrogens with zero attached hydrogens (tertiary/aromatic N) is 2. The standard InChI is InChI=1S/C23H31N3O2/c1-25(2)10-8-16-12-15-13-23(22(27)28-3)20-18(9-11-26(14-15)21(16)23)17-6-4-5-7-19(17)24-20/h4-7,15-16,21,24H,8-14H2,1-3H3. The number of aromatic amines is 1. The molecule has 1 saturated carbocycles. The van der Waals surface area contributed by atoms with E-state index < -0.39 is 5.41 Å². The van der Waals surface area contributed by atoms with Gasteiger partial charge in [0.1, 0.15) is 5.41 Å². The van der Waals surface area contributed by atoms with Gasteiger partial charge in [-0.15, -0.1) is 0 Å². The minimum absolute atomic E-state index is 0.0449. The summed E-state index contributed by atoms with van der Waals surface area (Å²) in [5.74, 6) is 1.05. The number of esters is 1. The molecule has 2 saturated heterocycles. The molecule has 3 fully saturated rings. The first-order valence-corrected chi connectivity index (χ1v) is 10.6. The SMILES string of the molecule is COC(=O)C12CC3CC(CCN(C)C)C1N(CCc1c2[nH]c2ccccc12)C3. The third kappa shape index (κ3) is 2.49. The second-order valence-corrected chi connectivity index (χ2v) is 9.33. The Morgan fingerprint density at radius 1 is 1.36 bits per heavy atom. The number of H-pyrrole nitrogens is 1. The van der Waals surface area contributed by atoms with Crippen molar-refractivity contribution in [1.29, 1.82) is 0 Å². The Balaban J connectivity index is 1.69. The van der Waals surface area contributed by atoms with Gasteiger partial charge >= 0.3 is 5.97 Å². The Morgan fingerprint density at radius 2 is 2.18 bits per heavy atom. The smallest absolute Gasteiger partial charge is 0.319 e. The summed E-state index contributed by atoms with van der Waals surface area (Å²) in [5, 5.41) is 1.27. The van der Waals surface area contributed by atoms with E-state index in [1.54, 1.807) is 7.11 Å². The van der Waals surface area contributed by atoms with Gasteiger partial charge in [-0.3, -0.25) is 9.69 Å². The monoisotopic (exact) mass is 381 g/mol. The van der Waals surface area contributed by atoms with E-state index in [-0.39, 0.29) is 12.0 Å². The Hall–Kier alpha value is -1.85. The lowest BCUT2D eigenvalue weighted by molar-refractivity contribution is -0.162. The van der Waals surface area contributed by atoms with Crippen molar-refractivity contribution in [2.24, 2.45) is 11.8 Å². The Labute approximate surface area is 167 Å². The number of methoxy groups -OCH3 is 1. The minimum Gasteiger partial charge on any atom is -0.468 e. The fraction of sp³-hybridized carbons (Fsp3) is 0.609. The number of carbonyl (C=O) groups is 1. The molecule has 4 heterocycles. The molecule has 4 bridgehead atoms. The minimum atomic E-state index is -0.558. The van der Waals surface area contributed by atoms with Gasteiger partial charge in [0.2, 0.25) is 0 Å².